The number of piperazine rings is 1. The Balaban J connectivity index is 1.03. The van der Waals surface area contributed by atoms with E-state index in [4.69, 9.17) is 26.6 Å². The molecule has 8 heteroatoms. The molecular weight excluding hydrogens is 496 g/mol. The van der Waals surface area contributed by atoms with Crippen molar-refractivity contribution in [2.24, 2.45) is 5.92 Å². The second-order valence-corrected chi connectivity index (χ2v) is 11.6. The van der Waals surface area contributed by atoms with Crippen molar-refractivity contribution in [3.05, 3.63) is 52.8 Å². The van der Waals surface area contributed by atoms with Crippen LogP contribution in [0.25, 0.3) is 11.0 Å². The van der Waals surface area contributed by atoms with Crippen LogP contribution in [0.3, 0.4) is 0 Å². The van der Waals surface area contributed by atoms with Crippen LogP contribution >= 0.6 is 11.6 Å². The first kappa shape index (κ1) is 25.5. The normalized spacial score (nSPS) is 23.4. The first-order valence-electron chi connectivity index (χ1n) is 14.2. The number of hydrogen-bond acceptors (Lipinski definition) is 6. The lowest BCUT2D eigenvalue weighted by atomic mass is 9.87. The number of piperidine rings is 1. The van der Waals surface area contributed by atoms with Crippen molar-refractivity contribution >= 4 is 28.3 Å². The predicted octanol–water partition coefficient (Wildman–Crippen LogP) is 5.31. The highest BCUT2D eigenvalue weighted by atomic mass is 35.5. The minimum Gasteiger partial charge on any atom is -0.490 e. The Morgan fingerprint density at radius 1 is 0.974 bits per heavy atom. The van der Waals surface area contributed by atoms with Gasteiger partial charge in [-0.25, -0.2) is 4.98 Å². The van der Waals surface area contributed by atoms with Crippen molar-refractivity contribution in [1.82, 2.24) is 20.2 Å². The molecule has 7 nitrogen and oxygen atoms in total. The lowest BCUT2D eigenvalue weighted by Crippen LogP contribution is -2.46. The number of halogens is 1. The number of anilines is 1. The van der Waals surface area contributed by atoms with Gasteiger partial charge in [0, 0.05) is 63.5 Å². The van der Waals surface area contributed by atoms with Crippen molar-refractivity contribution in [2.45, 2.75) is 50.5 Å². The van der Waals surface area contributed by atoms with E-state index in [1.165, 1.54) is 38.2 Å². The average molecular weight is 533 g/mol. The van der Waals surface area contributed by atoms with E-state index in [0.29, 0.717) is 16.5 Å². The molecule has 0 unspecified atom stereocenters. The number of fused-ring (bicyclic) bond motifs is 1. The lowest BCUT2D eigenvalue weighted by molar-refractivity contribution is 0.145. The van der Waals surface area contributed by atoms with Crippen LogP contribution in [0.1, 0.15) is 55.8 Å². The Morgan fingerprint density at radius 2 is 1.76 bits per heavy atom. The molecule has 38 heavy (non-hydrogen) atoms. The zero-order chi connectivity index (χ0) is 25.9. The van der Waals surface area contributed by atoms with E-state index in [1.807, 2.05) is 6.07 Å². The molecule has 1 saturated carbocycles. The summed E-state index contributed by atoms with van der Waals surface area (Å²) >= 11 is 6.17. The smallest absolute Gasteiger partial charge is 0.121 e. The van der Waals surface area contributed by atoms with Gasteiger partial charge in [0.1, 0.15) is 17.6 Å². The van der Waals surface area contributed by atoms with Crippen LogP contribution in [0.5, 0.6) is 5.75 Å². The first-order chi connectivity index (χ1) is 18.6. The molecule has 200 valence electrons. The number of benzene rings is 2. The van der Waals surface area contributed by atoms with Crippen molar-refractivity contribution in [3.8, 4) is 11.8 Å². The number of rotatable bonds is 6. The first-order valence-corrected chi connectivity index (χ1v) is 14.6. The molecule has 2 aliphatic heterocycles. The average Bonchev–Trinajstić information content (AvgIpc) is 3.38. The van der Waals surface area contributed by atoms with Gasteiger partial charge in [-0.05, 0) is 74.8 Å². The van der Waals surface area contributed by atoms with E-state index >= 15 is 0 Å². The minimum atomic E-state index is 0.167. The molecule has 0 bridgehead atoms. The summed E-state index contributed by atoms with van der Waals surface area (Å²) in [7, 11) is 0. The maximum absolute atomic E-state index is 9.07. The highest BCUT2D eigenvalue weighted by Gasteiger charge is 2.27. The number of aromatic amines is 1. The topological polar surface area (TPSA) is 80.2 Å². The Bertz CT molecular complexity index is 1280. The lowest BCUT2D eigenvalue weighted by Gasteiger charge is -2.37. The number of imidazole rings is 1. The zero-order valence-electron chi connectivity index (χ0n) is 22.0. The maximum atomic E-state index is 9.07. The third kappa shape index (κ3) is 5.78. The van der Waals surface area contributed by atoms with Crippen LogP contribution in [0.2, 0.25) is 5.02 Å². The van der Waals surface area contributed by atoms with Crippen LogP contribution in [-0.4, -0.2) is 66.8 Å². The van der Waals surface area contributed by atoms with Gasteiger partial charge in [-0.3, -0.25) is 0 Å². The van der Waals surface area contributed by atoms with E-state index in [1.54, 1.807) is 12.1 Å². The van der Waals surface area contributed by atoms with E-state index in [2.05, 4.69) is 44.4 Å². The summed E-state index contributed by atoms with van der Waals surface area (Å²) in [5.41, 5.74) is 3.99. The second kappa shape index (κ2) is 11.5. The molecule has 3 aliphatic rings. The SMILES string of the molecule is N#Cc1ccc(OC2CCC(c3nc4ccc(N5CCC(CN6CCNCC6)CC5)cc4[nH]3)CC2)cc1Cl. The summed E-state index contributed by atoms with van der Waals surface area (Å²) in [4.78, 5) is 13.8. The van der Waals surface area contributed by atoms with E-state index in [0.717, 1.165) is 80.4 Å². The van der Waals surface area contributed by atoms with Crippen molar-refractivity contribution in [3.63, 3.8) is 0 Å². The van der Waals surface area contributed by atoms with Gasteiger partial charge >= 0.3 is 0 Å². The molecule has 0 amide bonds. The predicted molar refractivity (Wildman–Crippen MR) is 152 cm³/mol. The number of hydrogen-bond donors (Lipinski definition) is 2. The van der Waals surface area contributed by atoms with Crippen LogP contribution < -0.4 is 15.0 Å². The fourth-order valence-corrected chi connectivity index (χ4v) is 6.56. The van der Waals surface area contributed by atoms with E-state index in [-0.39, 0.29) is 6.10 Å². The van der Waals surface area contributed by atoms with Crippen LogP contribution in [0.15, 0.2) is 36.4 Å². The molecule has 2 aromatic carbocycles. The van der Waals surface area contributed by atoms with Gasteiger partial charge in [0.15, 0.2) is 0 Å². The molecule has 1 aromatic heterocycles. The summed E-state index contributed by atoms with van der Waals surface area (Å²) in [6.45, 7) is 8.18. The van der Waals surface area contributed by atoms with Crippen LogP contribution in [0.4, 0.5) is 5.69 Å². The largest absolute Gasteiger partial charge is 0.490 e. The molecule has 2 N–H and O–H groups in total. The van der Waals surface area contributed by atoms with Gasteiger partial charge < -0.3 is 24.8 Å². The fourth-order valence-electron chi connectivity index (χ4n) is 6.35. The van der Waals surface area contributed by atoms with Gasteiger partial charge in [0.25, 0.3) is 0 Å². The van der Waals surface area contributed by atoms with Gasteiger partial charge in [0.2, 0.25) is 0 Å². The summed E-state index contributed by atoms with van der Waals surface area (Å²) in [5.74, 6) is 3.09. The standard InChI is InChI=1S/C30H37ClN6O/c31-27-18-26(7-3-23(27)19-32)38-25-5-1-22(2-6-25)30-34-28-8-4-24(17-29(28)35-30)37-13-9-21(10-14-37)20-36-15-11-33-12-16-36/h3-4,7-8,17-18,21-22,25,33H,1-2,5-6,9-16,20H2,(H,34,35). The Morgan fingerprint density at radius 3 is 2.50 bits per heavy atom. The number of nitriles is 1. The van der Waals surface area contributed by atoms with Gasteiger partial charge in [-0.2, -0.15) is 5.26 Å². The third-order valence-corrected chi connectivity index (χ3v) is 8.93. The molecule has 3 fully saturated rings. The molecule has 2 saturated heterocycles. The Labute approximate surface area is 230 Å². The summed E-state index contributed by atoms with van der Waals surface area (Å²) in [6, 6.07) is 14.1. The quantitative estimate of drug-likeness (QED) is 0.447. The molecule has 6 rings (SSSR count). The van der Waals surface area contributed by atoms with Crippen LogP contribution in [0, 0.1) is 17.2 Å². The molecule has 3 aromatic rings. The maximum Gasteiger partial charge on any atom is 0.121 e. The monoisotopic (exact) mass is 532 g/mol. The van der Waals surface area contributed by atoms with Crippen molar-refractivity contribution in [2.75, 3.05) is 50.7 Å². The molecule has 0 atom stereocenters. The van der Waals surface area contributed by atoms with E-state index in [9.17, 15) is 0 Å². The molecule has 0 radical (unpaired) electrons. The molecule has 1 aliphatic carbocycles. The number of nitrogens with one attached hydrogen (secondary N) is 2. The second-order valence-electron chi connectivity index (χ2n) is 11.1. The van der Waals surface area contributed by atoms with Crippen molar-refractivity contribution in [1.29, 1.82) is 5.26 Å². The Hall–Kier alpha value is -2.79. The van der Waals surface area contributed by atoms with Crippen molar-refractivity contribution < 1.29 is 4.74 Å². The van der Waals surface area contributed by atoms with Crippen LogP contribution in [-0.2, 0) is 0 Å². The minimum absolute atomic E-state index is 0.167. The summed E-state index contributed by atoms with van der Waals surface area (Å²) in [5, 5.41) is 13.0. The third-order valence-electron chi connectivity index (χ3n) is 8.61. The molecule has 3 heterocycles. The summed E-state index contributed by atoms with van der Waals surface area (Å²) in [6.07, 6.45) is 6.76. The highest BCUT2D eigenvalue weighted by molar-refractivity contribution is 6.31. The van der Waals surface area contributed by atoms with E-state index < -0.39 is 0 Å². The fraction of sp³-hybridized carbons (Fsp3) is 0.533. The number of ether oxygens (including phenoxy) is 1. The summed E-state index contributed by atoms with van der Waals surface area (Å²) < 4.78 is 6.18. The molecule has 0 spiro atoms. The number of H-pyrrole nitrogens is 1. The van der Waals surface area contributed by atoms with Gasteiger partial charge in [-0.1, -0.05) is 11.6 Å². The number of aromatic nitrogens is 2. The van der Waals surface area contributed by atoms with Gasteiger partial charge in [-0.15, -0.1) is 0 Å². The van der Waals surface area contributed by atoms with Gasteiger partial charge in [0.05, 0.1) is 27.7 Å². The zero-order valence-corrected chi connectivity index (χ0v) is 22.7. The molecular formula is C30H37ClN6O. The Kier molecular flexibility index (Phi) is 7.73. The number of nitrogens with zero attached hydrogens (tertiary/aromatic N) is 4. The highest BCUT2D eigenvalue weighted by Crippen LogP contribution is 2.35.